The van der Waals surface area contributed by atoms with Crippen molar-refractivity contribution in [1.29, 1.82) is 0 Å². The number of aryl methyl sites for hydroxylation is 1. The molecule has 0 radical (unpaired) electrons. The summed E-state index contributed by atoms with van der Waals surface area (Å²) in [6.07, 6.45) is 5.25. The summed E-state index contributed by atoms with van der Waals surface area (Å²) in [6.45, 7) is 11.2. The lowest BCUT2D eigenvalue weighted by Gasteiger charge is -2.39. The molecule has 1 fully saturated rings. The van der Waals surface area contributed by atoms with E-state index < -0.39 is 29.2 Å². The van der Waals surface area contributed by atoms with Gasteiger partial charge in [0.2, 0.25) is 5.92 Å². The van der Waals surface area contributed by atoms with E-state index in [-0.39, 0.29) is 11.9 Å². The minimum Gasteiger partial charge on any atom is -0.497 e. The number of hydrogen-bond acceptors (Lipinski definition) is 8. The van der Waals surface area contributed by atoms with Crippen LogP contribution in [0.15, 0.2) is 47.5 Å². The number of rotatable bonds is 14. The largest absolute Gasteiger partial charge is 0.497 e. The average molecular weight is 597 g/mol. The highest BCUT2D eigenvalue weighted by molar-refractivity contribution is 6.17. The van der Waals surface area contributed by atoms with Gasteiger partial charge in [0.05, 0.1) is 19.8 Å². The maximum Gasteiger partial charge on any atom is 0.331 e. The summed E-state index contributed by atoms with van der Waals surface area (Å²) in [5, 5.41) is 10.3. The van der Waals surface area contributed by atoms with E-state index in [1.807, 2.05) is 11.8 Å². The predicted molar refractivity (Wildman–Crippen MR) is 167 cm³/mol. The third-order valence-corrected chi connectivity index (χ3v) is 7.48. The molecular formula is C34H48N2O7. The number of nitrogens with zero attached hydrogens (tertiary/aromatic N) is 2. The Labute approximate surface area is 256 Å². The molecule has 0 bridgehead atoms. The number of cyclic esters (lactones) is 2. The fourth-order valence-corrected chi connectivity index (χ4v) is 5.06. The molecule has 3 rings (SSSR count). The van der Waals surface area contributed by atoms with Gasteiger partial charge < -0.3 is 29.0 Å². The summed E-state index contributed by atoms with van der Waals surface area (Å²) in [4.78, 5) is 33.8. The highest BCUT2D eigenvalue weighted by Crippen LogP contribution is 2.35. The second kappa shape index (κ2) is 14.7. The summed E-state index contributed by atoms with van der Waals surface area (Å²) < 4.78 is 22.1. The summed E-state index contributed by atoms with van der Waals surface area (Å²) in [7, 11) is 3.08. The van der Waals surface area contributed by atoms with Crippen molar-refractivity contribution < 1.29 is 33.6 Å². The highest BCUT2D eigenvalue weighted by Gasteiger charge is 2.48. The SMILES string of the molecule is CCCCc1ccc(CN(C(=Nc2ccc(OC)cc2OC)C2C(=O)OC(C)(C)OC2=O)C(C)CCCC(C)(C)O)cc1. The lowest BCUT2D eigenvalue weighted by atomic mass is 9.97. The van der Waals surface area contributed by atoms with Crippen LogP contribution < -0.4 is 9.47 Å². The van der Waals surface area contributed by atoms with Gasteiger partial charge in [0.1, 0.15) is 23.0 Å². The van der Waals surface area contributed by atoms with Crippen LogP contribution in [0.1, 0.15) is 84.8 Å². The molecule has 9 heteroatoms. The van der Waals surface area contributed by atoms with Crippen molar-refractivity contribution in [2.24, 2.45) is 10.9 Å². The second-order valence-corrected chi connectivity index (χ2v) is 12.3. The topological polar surface area (TPSA) is 107 Å². The molecule has 2 aromatic carbocycles. The maximum absolute atomic E-state index is 13.5. The van der Waals surface area contributed by atoms with Crippen LogP contribution in [0.5, 0.6) is 11.5 Å². The number of aliphatic imine (C=N–C) groups is 1. The van der Waals surface area contributed by atoms with E-state index in [1.54, 1.807) is 39.2 Å². The summed E-state index contributed by atoms with van der Waals surface area (Å²) >= 11 is 0. The molecule has 0 aliphatic carbocycles. The monoisotopic (exact) mass is 596 g/mol. The number of benzene rings is 2. The Balaban J connectivity index is 2.13. The number of amidine groups is 1. The molecular weight excluding hydrogens is 548 g/mol. The van der Waals surface area contributed by atoms with E-state index in [9.17, 15) is 14.7 Å². The number of aliphatic hydroxyl groups is 1. The molecule has 0 saturated carbocycles. The third kappa shape index (κ3) is 9.71. The Morgan fingerprint density at radius 1 is 1.02 bits per heavy atom. The van der Waals surface area contributed by atoms with Crippen LogP contribution in [0, 0.1) is 5.92 Å². The van der Waals surface area contributed by atoms with Crippen molar-refractivity contribution in [2.45, 2.75) is 104 Å². The van der Waals surface area contributed by atoms with Gasteiger partial charge in [-0.05, 0) is 76.1 Å². The number of ether oxygens (including phenoxy) is 4. The lowest BCUT2D eigenvalue weighted by molar-refractivity contribution is -0.236. The standard InChI is InChI=1S/C34H48N2O7/c1-9-10-13-24-14-16-25(17-15-24)22-36(23(2)12-11-20-33(3,4)39)30(29-31(37)42-34(5,6)43-32(29)38)35-27-19-18-26(40-7)21-28(27)41-8/h14-19,21,23,29,39H,9-13,20,22H2,1-8H3. The first-order valence-corrected chi connectivity index (χ1v) is 15.1. The molecule has 2 aromatic rings. The molecule has 0 spiro atoms. The highest BCUT2D eigenvalue weighted by atomic mass is 16.7. The minimum absolute atomic E-state index is 0.166. The first-order valence-electron chi connectivity index (χ1n) is 15.1. The summed E-state index contributed by atoms with van der Waals surface area (Å²) in [5.74, 6) is -3.03. The van der Waals surface area contributed by atoms with Crippen LogP contribution in [0.2, 0.25) is 0 Å². The molecule has 0 amide bonds. The van der Waals surface area contributed by atoms with Gasteiger partial charge in [-0.15, -0.1) is 0 Å². The first kappa shape index (κ1) is 33.9. The van der Waals surface area contributed by atoms with E-state index in [2.05, 4.69) is 31.2 Å². The van der Waals surface area contributed by atoms with Crippen LogP contribution in [0.25, 0.3) is 0 Å². The van der Waals surface area contributed by atoms with Gasteiger partial charge in [-0.1, -0.05) is 37.6 Å². The molecule has 1 heterocycles. The van der Waals surface area contributed by atoms with E-state index in [0.29, 0.717) is 36.6 Å². The lowest BCUT2D eigenvalue weighted by Crippen LogP contribution is -2.54. The van der Waals surface area contributed by atoms with E-state index >= 15 is 0 Å². The fraction of sp³-hybridized carbons (Fsp3) is 0.559. The second-order valence-electron chi connectivity index (χ2n) is 12.3. The molecule has 9 nitrogen and oxygen atoms in total. The Bertz CT molecular complexity index is 1240. The van der Waals surface area contributed by atoms with Crippen LogP contribution in [-0.2, 0) is 32.0 Å². The molecule has 1 atom stereocenters. The fourth-order valence-electron chi connectivity index (χ4n) is 5.06. The van der Waals surface area contributed by atoms with Crippen molar-refractivity contribution in [1.82, 2.24) is 4.90 Å². The molecule has 1 unspecified atom stereocenters. The minimum atomic E-state index is -1.40. The van der Waals surface area contributed by atoms with E-state index in [0.717, 1.165) is 31.2 Å². The number of methoxy groups -OCH3 is 2. The molecule has 1 aliphatic heterocycles. The van der Waals surface area contributed by atoms with E-state index in [4.69, 9.17) is 23.9 Å². The smallest absolute Gasteiger partial charge is 0.331 e. The van der Waals surface area contributed by atoms with Gasteiger partial charge in [0, 0.05) is 32.5 Å². The Morgan fingerprint density at radius 3 is 2.21 bits per heavy atom. The zero-order valence-electron chi connectivity index (χ0n) is 26.9. The van der Waals surface area contributed by atoms with Gasteiger partial charge >= 0.3 is 11.9 Å². The van der Waals surface area contributed by atoms with Gasteiger partial charge in [-0.25, -0.2) is 4.99 Å². The van der Waals surface area contributed by atoms with Crippen molar-refractivity contribution in [3.63, 3.8) is 0 Å². The van der Waals surface area contributed by atoms with E-state index in [1.165, 1.54) is 26.5 Å². The number of unbranched alkanes of at least 4 members (excludes halogenated alkanes) is 1. The quantitative estimate of drug-likeness (QED) is 0.116. The van der Waals surface area contributed by atoms with Gasteiger partial charge in [-0.2, -0.15) is 0 Å². The molecule has 43 heavy (non-hydrogen) atoms. The predicted octanol–water partition coefficient (Wildman–Crippen LogP) is 6.36. The van der Waals surface area contributed by atoms with Gasteiger partial charge in [-0.3, -0.25) is 9.59 Å². The molecule has 0 aromatic heterocycles. The van der Waals surface area contributed by atoms with Gasteiger partial charge in [0.15, 0.2) is 0 Å². The normalized spacial score (nSPS) is 16.3. The first-order chi connectivity index (χ1) is 20.3. The van der Waals surface area contributed by atoms with Crippen LogP contribution in [-0.4, -0.2) is 59.4 Å². The zero-order valence-corrected chi connectivity index (χ0v) is 26.9. The van der Waals surface area contributed by atoms with Crippen molar-refractivity contribution >= 4 is 23.5 Å². The number of carbonyl (C=O) groups excluding carboxylic acids is 2. The Morgan fingerprint density at radius 2 is 1.65 bits per heavy atom. The van der Waals surface area contributed by atoms with Crippen molar-refractivity contribution in [3.8, 4) is 11.5 Å². The Kier molecular flexibility index (Phi) is 11.6. The third-order valence-electron chi connectivity index (χ3n) is 7.48. The number of hydrogen-bond donors (Lipinski definition) is 1. The number of esters is 2. The molecule has 1 saturated heterocycles. The Hall–Kier alpha value is -3.59. The number of carbonyl (C=O) groups is 2. The average Bonchev–Trinajstić information content (AvgIpc) is 2.93. The maximum atomic E-state index is 13.5. The zero-order chi connectivity index (χ0) is 31.8. The van der Waals surface area contributed by atoms with Gasteiger partial charge in [0.25, 0.3) is 5.79 Å². The summed E-state index contributed by atoms with van der Waals surface area (Å²) in [6, 6.07) is 13.4. The summed E-state index contributed by atoms with van der Waals surface area (Å²) in [5.41, 5.74) is 1.87. The van der Waals surface area contributed by atoms with Crippen LogP contribution in [0.4, 0.5) is 5.69 Å². The van der Waals surface area contributed by atoms with Crippen LogP contribution >= 0.6 is 0 Å². The molecule has 236 valence electrons. The van der Waals surface area contributed by atoms with Crippen molar-refractivity contribution in [3.05, 3.63) is 53.6 Å². The van der Waals surface area contributed by atoms with Crippen LogP contribution in [0.3, 0.4) is 0 Å². The molecule has 1 aliphatic rings. The molecule has 1 N–H and O–H groups in total. The van der Waals surface area contributed by atoms with Crippen molar-refractivity contribution in [2.75, 3.05) is 14.2 Å².